The van der Waals surface area contributed by atoms with Crippen LogP contribution >= 0.6 is 22.6 Å². The summed E-state index contributed by atoms with van der Waals surface area (Å²) in [5.41, 5.74) is 0.769. The molecular weight excluding hydrogens is 269 g/mol. The minimum atomic E-state index is -0.205. The van der Waals surface area contributed by atoms with Gasteiger partial charge in [-0.25, -0.2) is 4.79 Å². The van der Waals surface area contributed by atoms with Gasteiger partial charge in [-0.15, -0.1) is 0 Å². The maximum Gasteiger partial charge on any atom is 0.335 e. The monoisotopic (exact) mass is 281 g/mol. The molecule has 0 aromatic heterocycles. The number of methoxy groups -OCH3 is 1. The first-order chi connectivity index (χ1) is 5.63. The molecule has 0 amide bonds. The van der Waals surface area contributed by atoms with Crippen molar-refractivity contribution in [3.05, 3.63) is 11.8 Å². The topological polar surface area (TPSA) is 29.5 Å². The minimum Gasteiger partial charge on any atom is -0.466 e. The molecule has 0 N–H and O–H groups in total. The molecule has 1 atom stereocenters. The van der Waals surface area contributed by atoms with Crippen LogP contribution in [0.2, 0.25) is 0 Å². The van der Waals surface area contributed by atoms with Crippen molar-refractivity contribution in [3.63, 3.8) is 0 Å². The van der Waals surface area contributed by atoms with Crippen molar-refractivity contribution in [2.45, 2.75) is 10.3 Å². The van der Waals surface area contributed by atoms with Gasteiger partial charge < -0.3 is 9.64 Å². The number of hydrogen-bond acceptors (Lipinski definition) is 3. The number of hydrogen-bond donors (Lipinski definition) is 0. The Morgan fingerprint density at radius 1 is 1.83 bits per heavy atom. The van der Waals surface area contributed by atoms with E-state index in [1.807, 2.05) is 18.1 Å². The third kappa shape index (κ3) is 2.36. The van der Waals surface area contributed by atoms with E-state index >= 15 is 0 Å². The Morgan fingerprint density at radius 3 is 3.00 bits per heavy atom. The number of alkyl halides is 1. The van der Waals surface area contributed by atoms with Crippen LogP contribution in [0.5, 0.6) is 0 Å². The molecule has 0 radical (unpaired) electrons. The maximum absolute atomic E-state index is 11.1. The van der Waals surface area contributed by atoms with Crippen molar-refractivity contribution >= 4 is 28.6 Å². The number of esters is 1. The van der Waals surface area contributed by atoms with Gasteiger partial charge in [-0.1, -0.05) is 22.6 Å². The van der Waals surface area contributed by atoms with E-state index < -0.39 is 0 Å². The summed E-state index contributed by atoms with van der Waals surface area (Å²) in [4.78, 5) is 13.2. The second-order valence-electron chi connectivity index (χ2n) is 2.89. The molecule has 0 saturated heterocycles. The summed E-state index contributed by atoms with van der Waals surface area (Å²) in [6.45, 7) is 1.00. The van der Waals surface area contributed by atoms with Gasteiger partial charge in [0.15, 0.2) is 0 Å². The molecule has 0 aliphatic carbocycles. The summed E-state index contributed by atoms with van der Waals surface area (Å²) < 4.78 is 5.16. The molecular formula is C8H12INO2. The Labute approximate surface area is 85.9 Å². The molecule has 1 rings (SSSR count). The van der Waals surface area contributed by atoms with Crippen molar-refractivity contribution in [2.75, 3.05) is 20.7 Å². The number of ether oxygens (including phenoxy) is 1. The lowest BCUT2D eigenvalue weighted by Crippen LogP contribution is -2.28. The van der Waals surface area contributed by atoms with Crippen LogP contribution in [0.25, 0.3) is 0 Å². The number of carbonyl (C=O) groups is 1. The van der Waals surface area contributed by atoms with Crippen LogP contribution in [0.3, 0.4) is 0 Å². The fraction of sp³-hybridized carbons (Fsp3) is 0.625. The quantitative estimate of drug-likeness (QED) is 0.411. The number of nitrogens with zero attached hydrogens (tertiary/aromatic N) is 1. The van der Waals surface area contributed by atoms with E-state index in [1.54, 1.807) is 0 Å². The SMILES string of the molecule is COC(=O)C1=CN(C)CC(I)C1. The summed E-state index contributed by atoms with van der Waals surface area (Å²) in [7, 11) is 3.38. The summed E-state index contributed by atoms with van der Waals surface area (Å²) in [6, 6.07) is 0. The Kier molecular flexibility index (Phi) is 3.37. The van der Waals surface area contributed by atoms with Gasteiger partial charge in [-0.2, -0.15) is 0 Å². The van der Waals surface area contributed by atoms with E-state index in [0.717, 1.165) is 18.5 Å². The number of halogens is 1. The highest BCUT2D eigenvalue weighted by Crippen LogP contribution is 2.20. The van der Waals surface area contributed by atoms with Gasteiger partial charge in [0.25, 0.3) is 0 Å². The first kappa shape index (κ1) is 9.83. The third-order valence-electron chi connectivity index (χ3n) is 1.75. The van der Waals surface area contributed by atoms with E-state index in [1.165, 1.54) is 7.11 Å². The fourth-order valence-electron chi connectivity index (χ4n) is 1.25. The van der Waals surface area contributed by atoms with Gasteiger partial charge in [0.2, 0.25) is 0 Å². The van der Waals surface area contributed by atoms with Crippen molar-refractivity contribution < 1.29 is 9.53 Å². The predicted molar refractivity (Wildman–Crippen MR) is 55.2 cm³/mol. The molecule has 4 heteroatoms. The average molecular weight is 281 g/mol. The van der Waals surface area contributed by atoms with E-state index in [2.05, 4.69) is 27.3 Å². The summed E-state index contributed by atoms with van der Waals surface area (Å²) >= 11 is 2.35. The Morgan fingerprint density at radius 2 is 2.50 bits per heavy atom. The van der Waals surface area contributed by atoms with E-state index in [4.69, 9.17) is 0 Å². The van der Waals surface area contributed by atoms with Gasteiger partial charge in [-0.05, 0) is 6.42 Å². The lowest BCUT2D eigenvalue weighted by Gasteiger charge is -2.25. The molecule has 0 saturated carbocycles. The predicted octanol–water partition coefficient (Wildman–Crippen LogP) is 1.18. The highest BCUT2D eigenvalue weighted by atomic mass is 127. The molecule has 1 unspecified atom stereocenters. The van der Waals surface area contributed by atoms with Gasteiger partial charge in [0.05, 0.1) is 12.7 Å². The lowest BCUT2D eigenvalue weighted by molar-refractivity contribution is -0.136. The van der Waals surface area contributed by atoms with E-state index in [9.17, 15) is 4.79 Å². The number of rotatable bonds is 1. The van der Waals surface area contributed by atoms with Gasteiger partial charge in [-0.3, -0.25) is 0 Å². The minimum absolute atomic E-state index is 0.205. The molecule has 1 aliphatic rings. The van der Waals surface area contributed by atoms with Crippen LogP contribution in [0.15, 0.2) is 11.8 Å². The van der Waals surface area contributed by atoms with E-state index in [-0.39, 0.29) is 5.97 Å². The fourth-order valence-corrected chi connectivity index (χ4v) is 2.35. The molecule has 1 heterocycles. The summed E-state index contributed by atoms with van der Waals surface area (Å²) in [5, 5.41) is 0. The third-order valence-corrected chi connectivity index (χ3v) is 2.59. The van der Waals surface area contributed by atoms with Crippen LogP contribution in [-0.2, 0) is 9.53 Å². The molecule has 12 heavy (non-hydrogen) atoms. The van der Waals surface area contributed by atoms with Crippen molar-refractivity contribution in [2.24, 2.45) is 0 Å². The van der Waals surface area contributed by atoms with E-state index in [0.29, 0.717) is 3.92 Å². The molecule has 0 bridgehead atoms. The van der Waals surface area contributed by atoms with Crippen LogP contribution in [0.4, 0.5) is 0 Å². The van der Waals surface area contributed by atoms with Crippen molar-refractivity contribution in [1.82, 2.24) is 4.90 Å². The number of carbonyl (C=O) groups excluding carboxylic acids is 1. The van der Waals surface area contributed by atoms with Crippen LogP contribution < -0.4 is 0 Å². The first-order valence-electron chi connectivity index (χ1n) is 3.77. The largest absolute Gasteiger partial charge is 0.466 e. The second-order valence-corrected chi connectivity index (χ2v) is 4.65. The zero-order valence-electron chi connectivity index (χ0n) is 7.21. The Hall–Kier alpha value is -0.260. The molecule has 1 aliphatic heterocycles. The molecule has 0 aromatic carbocycles. The second kappa shape index (κ2) is 4.11. The van der Waals surface area contributed by atoms with Gasteiger partial charge in [0.1, 0.15) is 0 Å². The van der Waals surface area contributed by atoms with Crippen LogP contribution in [0, 0.1) is 0 Å². The zero-order valence-corrected chi connectivity index (χ0v) is 9.37. The van der Waals surface area contributed by atoms with Crippen LogP contribution in [-0.4, -0.2) is 35.5 Å². The van der Waals surface area contributed by atoms with Crippen molar-refractivity contribution in [1.29, 1.82) is 0 Å². The molecule has 0 spiro atoms. The Balaban J connectivity index is 2.69. The molecule has 0 aromatic rings. The van der Waals surface area contributed by atoms with Gasteiger partial charge in [0, 0.05) is 23.7 Å². The molecule has 3 nitrogen and oxygen atoms in total. The smallest absolute Gasteiger partial charge is 0.335 e. The molecule has 0 fully saturated rings. The maximum atomic E-state index is 11.1. The zero-order chi connectivity index (χ0) is 9.14. The summed E-state index contributed by atoms with van der Waals surface area (Å²) in [6.07, 6.45) is 2.68. The highest BCUT2D eigenvalue weighted by molar-refractivity contribution is 14.1. The highest BCUT2D eigenvalue weighted by Gasteiger charge is 2.20. The van der Waals surface area contributed by atoms with Gasteiger partial charge >= 0.3 is 5.97 Å². The molecule has 68 valence electrons. The first-order valence-corrected chi connectivity index (χ1v) is 5.01. The lowest BCUT2D eigenvalue weighted by atomic mass is 10.1. The van der Waals surface area contributed by atoms with Crippen molar-refractivity contribution in [3.8, 4) is 0 Å². The average Bonchev–Trinajstić information content (AvgIpc) is 2.01. The summed E-state index contributed by atoms with van der Waals surface area (Å²) in [5.74, 6) is -0.205. The van der Waals surface area contributed by atoms with Crippen LogP contribution in [0.1, 0.15) is 6.42 Å². The standard InChI is InChI=1S/C8H12INO2/c1-10-4-6(8(11)12-2)3-7(9)5-10/h4,7H,3,5H2,1-2H3. The Bertz CT molecular complexity index is 215. The normalized spacial score (nSPS) is 23.4.